The smallest absolute Gasteiger partial charge is 0.295 e. The van der Waals surface area contributed by atoms with Gasteiger partial charge in [0.25, 0.3) is 11.7 Å². The van der Waals surface area contributed by atoms with Gasteiger partial charge in [-0.15, -0.1) is 0 Å². The molecule has 0 aromatic heterocycles. The molecule has 0 saturated carbocycles. The Morgan fingerprint density at radius 1 is 1.13 bits per heavy atom. The number of carbonyl (C=O) groups excluding carboxylic acids is 2. The van der Waals surface area contributed by atoms with Crippen molar-refractivity contribution < 1.29 is 23.8 Å². The van der Waals surface area contributed by atoms with E-state index in [1.165, 1.54) is 17.0 Å². The third kappa shape index (κ3) is 3.63. The Kier molecular flexibility index (Phi) is 5.43. The molecule has 0 aliphatic carbocycles. The number of hydrogen-bond acceptors (Lipinski definition) is 4. The zero-order valence-corrected chi connectivity index (χ0v) is 17.0. The number of benzene rings is 2. The first-order valence-electron chi connectivity index (χ1n) is 10.1. The predicted octanol–water partition coefficient (Wildman–Crippen LogP) is 4.04. The van der Waals surface area contributed by atoms with E-state index in [1.807, 2.05) is 19.9 Å². The first-order chi connectivity index (χ1) is 14.4. The summed E-state index contributed by atoms with van der Waals surface area (Å²) in [4.78, 5) is 27.3. The van der Waals surface area contributed by atoms with Crippen LogP contribution in [0.2, 0.25) is 0 Å². The molecular formula is C24H24FNO4. The molecule has 0 bridgehead atoms. The van der Waals surface area contributed by atoms with Gasteiger partial charge in [-0.2, -0.15) is 0 Å². The van der Waals surface area contributed by atoms with Crippen LogP contribution in [-0.4, -0.2) is 41.0 Å². The molecule has 2 heterocycles. The van der Waals surface area contributed by atoms with Gasteiger partial charge in [-0.1, -0.05) is 24.3 Å². The fraction of sp³-hybridized carbons (Fsp3) is 0.333. The van der Waals surface area contributed by atoms with Gasteiger partial charge in [-0.25, -0.2) is 4.39 Å². The van der Waals surface area contributed by atoms with E-state index in [1.54, 1.807) is 24.3 Å². The molecular weight excluding hydrogens is 385 g/mol. The topological polar surface area (TPSA) is 66.8 Å². The summed E-state index contributed by atoms with van der Waals surface area (Å²) >= 11 is 0. The molecule has 156 valence electrons. The fourth-order valence-electron chi connectivity index (χ4n) is 4.11. The molecule has 2 saturated heterocycles. The van der Waals surface area contributed by atoms with Crippen molar-refractivity contribution in [1.82, 2.24) is 4.90 Å². The second-order valence-electron chi connectivity index (χ2n) is 7.94. The van der Waals surface area contributed by atoms with E-state index in [0.717, 1.165) is 24.0 Å². The molecule has 0 radical (unpaired) electrons. The minimum absolute atomic E-state index is 0.0212. The highest BCUT2D eigenvalue weighted by atomic mass is 19.1. The number of hydrogen-bond donors (Lipinski definition) is 1. The summed E-state index contributed by atoms with van der Waals surface area (Å²) in [6.45, 7) is 4.74. The van der Waals surface area contributed by atoms with Gasteiger partial charge in [-0.3, -0.25) is 9.59 Å². The van der Waals surface area contributed by atoms with E-state index in [0.29, 0.717) is 17.7 Å². The summed E-state index contributed by atoms with van der Waals surface area (Å²) < 4.78 is 19.2. The van der Waals surface area contributed by atoms with E-state index < -0.39 is 23.5 Å². The van der Waals surface area contributed by atoms with Gasteiger partial charge in [0.1, 0.15) is 11.6 Å². The maximum absolute atomic E-state index is 13.5. The maximum atomic E-state index is 13.5. The van der Waals surface area contributed by atoms with Crippen LogP contribution in [0.15, 0.2) is 48.0 Å². The Bertz CT molecular complexity index is 1020. The Hall–Kier alpha value is -2.99. The minimum atomic E-state index is -0.795. The lowest BCUT2D eigenvalue weighted by atomic mass is 9.94. The van der Waals surface area contributed by atoms with E-state index >= 15 is 0 Å². The number of aliphatic hydroxyl groups excluding tert-OH is 1. The molecule has 2 aromatic carbocycles. The summed E-state index contributed by atoms with van der Waals surface area (Å²) in [7, 11) is 0. The fourth-order valence-corrected chi connectivity index (χ4v) is 4.11. The van der Waals surface area contributed by atoms with E-state index in [-0.39, 0.29) is 24.0 Å². The zero-order valence-electron chi connectivity index (χ0n) is 17.0. The van der Waals surface area contributed by atoms with Crippen LogP contribution in [0.5, 0.6) is 0 Å². The number of amides is 1. The molecule has 2 unspecified atom stereocenters. The van der Waals surface area contributed by atoms with E-state index in [9.17, 15) is 19.1 Å². The molecule has 2 atom stereocenters. The summed E-state index contributed by atoms with van der Waals surface area (Å²) in [5.74, 6) is -2.05. The van der Waals surface area contributed by atoms with Crippen molar-refractivity contribution in [2.75, 3.05) is 13.2 Å². The lowest BCUT2D eigenvalue weighted by molar-refractivity contribution is -0.140. The standard InChI is InChI=1S/C24H24FNO4/c1-14-5-6-17(12-15(14)2)22(27)20-21(16-7-9-18(25)10-8-16)26(24(29)23(20)28)13-19-4-3-11-30-19/h5-10,12,19,21,27H,3-4,11,13H2,1-2H3/b22-20-. The second kappa shape index (κ2) is 8.03. The number of rotatable bonds is 4. The number of nitrogens with zero attached hydrogens (tertiary/aromatic N) is 1. The molecule has 2 aliphatic heterocycles. The van der Waals surface area contributed by atoms with Gasteiger partial charge >= 0.3 is 0 Å². The van der Waals surface area contributed by atoms with Crippen molar-refractivity contribution in [3.63, 3.8) is 0 Å². The molecule has 4 rings (SSSR count). The number of likely N-dealkylation sites (tertiary alicyclic amines) is 1. The molecule has 6 heteroatoms. The summed E-state index contributed by atoms with van der Waals surface area (Å²) in [6, 6.07) is 10.3. The molecule has 5 nitrogen and oxygen atoms in total. The van der Waals surface area contributed by atoms with Crippen molar-refractivity contribution in [2.45, 2.75) is 38.8 Å². The maximum Gasteiger partial charge on any atom is 0.295 e. The first kappa shape index (κ1) is 20.3. The van der Waals surface area contributed by atoms with Gasteiger partial charge in [-0.05, 0) is 61.6 Å². The van der Waals surface area contributed by atoms with E-state index in [2.05, 4.69) is 0 Å². The SMILES string of the molecule is Cc1ccc(/C(O)=C2/C(=O)C(=O)N(CC3CCCO3)C2c2ccc(F)cc2)cc1C. The van der Waals surface area contributed by atoms with Crippen molar-refractivity contribution >= 4 is 17.4 Å². The van der Waals surface area contributed by atoms with Crippen LogP contribution < -0.4 is 0 Å². The number of aliphatic hydroxyl groups is 1. The largest absolute Gasteiger partial charge is 0.507 e. The van der Waals surface area contributed by atoms with Crippen LogP contribution in [0.25, 0.3) is 5.76 Å². The van der Waals surface area contributed by atoms with Crippen molar-refractivity contribution in [3.05, 3.63) is 76.1 Å². The van der Waals surface area contributed by atoms with Crippen molar-refractivity contribution in [1.29, 1.82) is 0 Å². The van der Waals surface area contributed by atoms with Gasteiger partial charge < -0.3 is 14.7 Å². The monoisotopic (exact) mass is 409 g/mol. The Morgan fingerprint density at radius 2 is 1.87 bits per heavy atom. The highest BCUT2D eigenvalue weighted by Gasteiger charge is 2.47. The van der Waals surface area contributed by atoms with Gasteiger partial charge in [0.2, 0.25) is 0 Å². The van der Waals surface area contributed by atoms with Gasteiger partial charge in [0.05, 0.1) is 17.7 Å². The van der Waals surface area contributed by atoms with Crippen LogP contribution >= 0.6 is 0 Å². The lowest BCUT2D eigenvalue weighted by Crippen LogP contribution is -2.36. The number of ether oxygens (including phenoxy) is 1. The summed E-state index contributed by atoms with van der Waals surface area (Å²) in [5, 5.41) is 11.1. The molecule has 1 amide bonds. The predicted molar refractivity (Wildman–Crippen MR) is 110 cm³/mol. The summed E-state index contributed by atoms with van der Waals surface area (Å²) in [6.07, 6.45) is 1.54. The first-order valence-corrected chi connectivity index (χ1v) is 10.1. The number of carbonyl (C=O) groups is 2. The average molecular weight is 409 g/mol. The third-order valence-corrected chi connectivity index (χ3v) is 5.93. The summed E-state index contributed by atoms with van der Waals surface area (Å²) in [5.41, 5.74) is 3.08. The van der Waals surface area contributed by atoms with Gasteiger partial charge in [0, 0.05) is 18.7 Å². The number of halogens is 1. The van der Waals surface area contributed by atoms with Gasteiger partial charge in [0.15, 0.2) is 0 Å². The molecule has 1 N–H and O–H groups in total. The number of Topliss-reactive ketones (excluding diaryl/α,β-unsaturated/α-hetero) is 1. The normalized spacial score (nSPS) is 23.4. The Labute approximate surface area is 174 Å². The van der Waals surface area contributed by atoms with Crippen LogP contribution in [0.1, 0.15) is 41.1 Å². The highest BCUT2D eigenvalue weighted by molar-refractivity contribution is 6.46. The molecule has 2 aromatic rings. The van der Waals surface area contributed by atoms with Crippen LogP contribution in [0, 0.1) is 19.7 Å². The average Bonchev–Trinajstić information content (AvgIpc) is 3.33. The lowest BCUT2D eigenvalue weighted by Gasteiger charge is -2.27. The quantitative estimate of drug-likeness (QED) is 0.470. The number of aryl methyl sites for hydroxylation is 2. The van der Waals surface area contributed by atoms with Crippen LogP contribution in [0.3, 0.4) is 0 Å². The molecule has 0 spiro atoms. The molecule has 30 heavy (non-hydrogen) atoms. The number of ketones is 1. The second-order valence-corrected chi connectivity index (χ2v) is 7.94. The molecule has 2 aliphatic rings. The highest BCUT2D eigenvalue weighted by Crippen LogP contribution is 2.40. The van der Waals surface area contributed by atoms with Crippen LogP contribution in [0.4, 0.5) is 4.39 Å². The zero-order chi connectivity index (χ0) is 21.4. The third-order valence-electron chi connectivity index (χ3n) is 5.93. The van der Waals surface area contributed by atoms with Crippen molar-refractivity contribution in [3.8, 4) is 0 Å². The van der Waals surface area contributed by atoms with Crippen molar-refractivity contribution in [2.24, 2.45) is 0 Å². The van der Waals surface area contributed by atoms with E-state index in [4.69, 9.17) is 4.74 Å². The Balaban J connectivity index is 1.83. The molecule has 2 fully saturated rings. The van der Waals surface area contributed by atoms with Crippen LogP contribution in [-0.2, 0) is 14.3 Å². The minimum Gasteiger partial charge on any atom is -0.507 e. The Morgan fingerprint density at radius 3 is 2.50 bits per heavy atom.